The fourth-order valence-corrected chi connectivity index (χ4v) is 2.09. The summed E-state index contributed by atoms with van der Waals surface area (Å²) in [5.74, 6) is -1.03. The smallest absolute Gasteiger partial charge is 0.419 e. The van der Waals surface area contributed by atoms with Crippen molar-refractivity contribution < 1.29 is 27.1 Å². The quantitative estimate of drug-likeness (QED) is 0.633. The van der Waals surface area contributed by atoms with E-state index >= 15 is 0 Å². The van der Waals surface area contributed by atoms with Gasteiger partial charge in [0, 0.05) is 31.3 Å². The van der Waals surface area contributed by atoms with Gasteiger partial charge < -0.3 is 10.1 Å². The standard InChI is InChI=1S/C17H16F4N2O2/c1-11(24)22-6-2-8-25-13-5-7-23-16(10-13)12-3-4-14(15(18)9-12)17(19,20)21/h3-5,7,9-10H,2,6,8H2,1H3,(H,22,24). The molecule has 0 bridgehead atoms. The van der Waals surface area contributed by atoms with E-state index in [1.54, 1.807) is 6.07 Å². The van der Waals surface area contributed by atoms with E-state index in [4.69, 9.17) is 4.74 Å². The van der Waals surface area contributed by atoms with E-state index in [2.05, 4.69) is 10.3 Å². The molecule has 8 heteroatoms. The molecule has 0 saturated carbocycles. The Labute approximate surface area is 141 Å². The molecule has 1 aromatic heterocycles. The average Bonchev–Trinajstić information content (AvgIpc) is 2.53. The lowest BCUT2D eigenvalue weighted by Gasteiger charge is -2.10. The minimum atomic E-state index is -4.74. The summed E-state index contributed by atoms with van der Waals surface area (Å²) >= 11 is 0. The molecule has 0 atom stereocenters. The number of pyridine rings is 1. The second kappa shape index (κ2) is 7.96. The Morgan fingerprint density at radius 3 is 2.64 bits per heavy atom. The third-order valence-corrected chi connectivity index (χ3v) is 3.27. The first-order chi connectivity index (χ1) is 11.8. The Hall–Kier alpha value is -2.64. The second-order valence-corrected chi connectivity index (χ2v) is 5.25. The third-order valence-electron chi connectivity index (χ3n) is 3.27. The minimum absolute atomic E-state index is 0.129. The minimum Gasteiger partial charge on any atom is -0.493 e. The highest BCUT2D eigenvalue weighted by molar-refractivity contribution is 5.72. The highest BCUT2D eigenvalue weighted by atomic mass is 19.4. The van der Waals surface area contributed by atoms with Gasteiger partial charge in [0.1, 0.15) is 11.6 Å². The van der Waals surface area contributed by atoms with Gasteiger partial charge in [-0.05, 0) is 24.6 Å². The summed E-state index contributed by atoms with van der Waals surface area (Å²) < 4.78 is 57.0. The van der Waals surface area contributed by atoms with E-state index in [1.807, 2.05) is 0 Å². The number of carbonyl (C=O) groups excluding carboxylic acids is 1. The molecular weight excluding hydrogens is 340 g/mol. The van der Waals surface area contributed by atoms with Crippen molar-refractivity contribution in [1.82, 2.24) is 10.3 Å². The van der Waals surface area contributed by atoms with Crippen molar-refractivity contribution in [2.45, 2.75) is 19.5 Å². The number of nitrogens with zero attached hydrogens (tertiary/aromatic N) is 1. The Morgan fingerprint density at radius 2 is 2.00 bits per heavy atom. The fourth-order valence-electron chi connectivity index (χ4n) is 2.09. The molecule has 0 aliphatic heterocycles. The lowest BCUT2D eigenvalue weighted by Crippen LogP contribution is -2.22. The molecule has 134 valence electrons. The maximum atomic E-state index is 13.7. The zero-order valence-corrected chi connectivity index (χ0v) is 13.4. The molecule has 2 rings (SSSR count). The normalized spacial score (nSPS) is 11.2. The summed E-state index contributed by atoms with van der Waals surface area (Å²) in [7, 11) is 0. The van der Waals surface area contributed by atoms with E-state index in [-0.39, 0.29) is 11.5 Å². The number of ether oxygens (including phenoxy) is 1. The first-order valence-corrected chi connectivity index (χ1v) is 7.48. The number of hydrogen-bond acceptors (Lipinski definition) is 3. The Bertz CT molecular complexity index is 748. The van der Waals surface area contributed by atoms with Crippen molar-refractivity contribution in [1.29, 1.82) is 0 Å². The Kier molecular flexibility index (Phi) is 5.95. The van der Waals surface area contributed by atoms with Crippen LogP contribution in [0.3, 0.4) is 0 Å². The summed E-state index contributed by atoms with van der Waals surface area (Å²) in [4.78, 5) is 14.8. The van der Waals surface area contributed by atoms with Crippen LogP contribution in [0.25, 0.3) is 11.3 Å². The van der Waals surface area contributed by atoms with Gasteiger partial charge in [-0.2, -0.15) is 13.2 Å². The van der Waals surface area contributed by atoms with Crippen LogP contribution in [-0.2, 0) is 11.0 Å². The van der Waals surface area contributed by atoms with E-state index in [0.29, 0.717) is 37.1 Å². The Morgan fingerprint density at radius 1 is 1.24 bits per heavy atom. The van der Waals surface area contributed by atoms with E-state index < -0.39 is 17.6 Å². The molecule has 0 aliphatic carbocycles. The fraction of sp³-hybridized carbons (Fsp3) is 0.294. The highest BCUT2D eigenvalue weighted by Gasteiger charge is 2.34. The van der Waals surface area contributed by atoms with Crippen LogP contribution in [-0.4, -0.2) is 24.0 Å². The van der Waals surface area contributed by atoms with Crippen molar-refractivity contribution >= 4 is 5.91 Å². The molecule has 0 fully saturated rings. The molecule has 0 radical (unpaired) electrons. The number of amides is 1. The number of hydrogen-bond donors (Lipinski definition) is 1. The van der Waals surface area contributed by atoms with Gasteiger partial charge in [-0.15, -0.1) is 0 Å². The number of carbonyl (C=O) groups is 1. The van der Waals surface area contributed by atoms with Crippen molar-refractivity contribution in [2.24, 2.45) is 0 Å². The largest absolute Gasteiger partial charge is 0.493 e. The third kappa shape index (κ3) is 5.44. The van der Waals surface area contributed by atoms with Crippen LogP contribution in [0.15, 0.2) is 36.5 Å². The predicted octanol–water partition coefficient (Wildman–Crippen LogP) is 3.81. The van der Waals surface area contributed by atoms with Gasteiger partial charge >= 0.3 is 6.18 Å². The van der Waals surface area contributed by atoms with Gasteiger partial charge in [-0.1, -0.05) is 6.07 Å². The molecule has 0 saturated heterocycles. The summed E-state index contributed by atoms with van der Waals surface area (Å²) in [5.41, 5.74) is -0.803. The van der Waals surface area contributed by atoms with Crippen LogP contribution >= 0.6 is 0 Å². The van der Waals surface area contributed by atoms with Crippen LogP contribution in [0.1, 0.15) is 18.9 Å². The van der Waals surface area contributed by atoms with Gasteiger partial charge in [0.25, 0.3) is 0 Å². The van der Waals surface area contributed by atoms with Crippen molar-refractivity contribution in [2.75, 3.05) is 13.2 Å². The molecule has 0 spiro atoms. The molecule has 0 aliphatic rings. The number of benzene rings is 1. The topological polar surface area (TPSA) is 51.2 Å². The maximum Gasteiger partial charge on any atom is 0.419 e. The van der Waals surface area contributed by atoms with Gasteiger partial charge in [0.05, 0.1) is 17.9 Å². The number of alkyl halides is 3. The van der Waals surface area contributed by atoms with Gasteiger partial charge in [0.15, 0.2) is 0 Å². The summed E-state index contributed by atoms with van der Waals surface area (Å²) in [6, 6.07) is 5.75. The molecule has 1 heterocycles. The average molecular weight is 356 g/mol. The molecule has 1 amide bonds. The Balaban J connectivity index is 2.06. The number of rotatable bonds is 6. The zero-order valence-electron chi connectivity index (χ0n) is 13.4. The van der Waals surface area contributed by atoms with Crippen LogP contribution in [0.2, 0.25) is 0 Å². The number of nitrogens with one attached hydrogen (secondary N) is 1. The second-order valence-electron chi connectivity index (χ2n) is 5.25. The monoisotopic (exact) mass is 356 g/mol. The number of halogens is 4. The molecule has 1 aromatic carbocycles. The van der Waals surface area contributed by atoms with E-state index in [0.717, 1.165) is 12.1 Å². The summed E-state index contributed by atoms with van der Waals surface area (Å²) in [6.45, 7) is 2.22. The maximum absolute atomic E-state index is 13.7. The summed E-state index contributed by atoms with van der Waals surface area (Å²) in [6.07, 6.45) is -2.73. The van der Waals surface area contributed by atoms with Crippen LogP contribution in [0.4, 0.5) is 17.6 Å². The number of aromatic nitrogens is 1. The van der Waals surface area contributed by atoms with Crippen molar-refractivity contribution in [3.05, 3.63) is 47.9 Å². The molecule has 4 nitrogen and oxygen atoms in total. The van der Waals surface area contributed by atoms with E-state index in [9.17, 15) is 22.4 Å². The molecule has 25 heavy (non-hydrogen) atoms. The van der Waals surface area contributed by atoms with Crippen LogP contribution < -0.4 is 10.1 Å². The SMILES string of the molecule is CC(=O)NCCCOc1ccnc(-c2ccc(C(F)(F)F)c(F)c2)c1. The molecular formula is C17H16F4N2O2. The first-order valence-electron chi connectivity index (χ1n) is 7.48. The summed E-state index contributed by atoms with van der Waals surface area (Å²) in [5, 5.41) is 2.63. The molecule has 1 N–H and O–H groups in total. The first kappa shape index (κ1) is 18.7. The molecule has 0 unspecified atom stereocenters. The van der Waals surface area contributed by atoms with Crippen LogP contribution in [0, 0.1) is 5.82 Å². The van der Waals surface area contributed by atoms with Crippen molar-refractivity contribution in [3.63, 3.8) is 0 Å². The van der Waals surface area contributed by atoms with Crippen LogP contribution in [0.5, 0.6) is 5.75 Å². The lowest BCUT2D eigenvalue weighted by molar-refractivity contribution is -0.140. The zero-order chi connectivity index (χ0) is 18.4. The van der Waals surface area contributed by atoms with Crippen molar-refractivity contribution in [3.8, 4) is 17.0 Å². The van der Waals surface area contributed by atoms with Gasteiger partial charge in [-0.3, -0.25) is 9.78 Å². The predicted molar refractivity (Wildman–Crippen MR) is 83.4 cm³/mol. The highest BCUT2D eigenvalue weighted by Crippen LogP contribution is 2.33. The van der Waals surface area contributed by atoms with Gasteiger partial charge in [-0.25, -0.2) is 4.39 Å². The van der Waals surface area contributed by atoms with E-state index in [1.165, 1.54) is 19.2 Å². The molecule has 2 aromatic rings. The lowest BCUT2D eigenvalue weighted by atomic mass is 10.1. The van der Waals surface area contributed by atoms with Gasteiger partial charge in [0.2, 0.25) is 5.91 Å².